The molecule has 1 atom stereocenters. The number of halogens is 1. The van der Waals surface area contributed by atoms with Crippen LogP contribution in [0.2, 0.25) is 5.02 Å². The summed E-state index contributed by atoms with van der Waals surface area (Å²) in [6.45, 7) is -0.134. The van der Waals surface area contributed by atoms with Crippen molar-refractivity contribution in [2.24, 2.45) is 0 Å². The van der Waals surface area contributed by atoms with Crippen molar-refractivity contribution in [1.82, 2.24) is 10.2 Å². The van der Waals surface area contributed by atoms with Gasteiger partial charge in [0.1, 0.15) is 12.6 Å². The third kappa shape index (κ3) is 7.64. The normalized spacial score (nSPS) is 11.2. The maximum absolute atomic E-state index is 13.2. The molecular formula is C26H26ClN3O4. The molecule has 0 heterocycles. The minimum absolute atomic E-state index is 0.0784. The van der Waals surface area contributed by atoms with E-state index < -0.39 is 23.9 Å². The van der Waals surface area contributed by atoms with Crippen LogP contribution in [-0.2, 0) is 27.4 Å². The number of carbonyl (C=O) groups is 3. The van der Waals surface area contributed by atoms with Gasteiger partial charge in [0.2, 0.25) is 11.8 Å². The maximum Gasteiger partial charge on any atom is 0.408 e. The average Bonchev–Trinajstić information content (AvgIpc) is 2.84. The number of carbonyl (C=O) groups excluding carboxylic acids is 3. The Kier molecular flexibility index (Phi) is 9.05. The van der Waals surface area contributed by atoms with E-state index in [4.69, 9.17) is 16.3 Å². The van der Waals surface area contributed by atoms with Crippen molar-refractivity contribution in [2.45, 2.75) is 19.1 Å². The number of rotatable bonds is 9. The average molecular weight is 480 g/mol. The van der Waals surface area contributed by atoms with Crippen molar-refractivity contribution in [3.8, 4) is 0 Å². The van der Waals surface area contributed by atoms with E-state index in [-0.39, 0.29) is 19.6 Å². The second-order valence-electron chi connectivity index (χ2n) is 7.67. The lowest BCUT2D eigenvalue weighted by molar-refractivity contribution is -0.135. The summed E-state index contributed by atoms with van der Waals surface area (Å²) in [4.78, 5) is 39.3. The molecule has 0 radical (unpaired) electrons. The van der Waals surface area contributed by atoms with E-state index in [1.807, 2.05) is 60.7 Å². The van der Waals surface area contributed by atoms with Crippen LogP contribution in [-0.4, -0.2) is 42.4 Å². The molecule has 0 fully saturated rings. The maximum atomic E-state index is 13.2. The molecule has 1 unspecified atom stereocenters. The summed E-state index contributed by atoms with van der Waals surface area (Å²) in [5.74, 6) is -0.830. The fraction of sp³-hybridized carbons (Fsp3) is 0.192. The lowest BCUT2D eigenvalue weighted by Gasteiger charge is -2.24. The third-order valence-corrected chi connectivity index (χ3v) is 5.32. The highest BCUT2D eigenvalue weighted by molar-refractivity contribution is 6.33. The first-order valence-corrected chi connectivity index (χ1v) is 11.1. The zero-order valence-corrected chi connectivity index (χ0v) is 19.5. The number of hydrogen-bond acceptors (Lipinski definition) is 4. The zero-order valence-electron chi connectivity index (χ0n) is 18.7. The number of para-hydroxylation sites is 1. The molecule has 0 bridgehead atoms. The van der Waals surface area contributed by atoms with Gasteiger partial charge in [-0.1, -0.05) is 84.4 Å². The van der Waals surface area contributed by atoms with Gasteiger partial charge < -0.3 is 20.3 Å². The van der Waals surface area contributed by atoms with Crippen LogP contribution in [0.4, 0.5) is 10.5 Å². The highest BCUT2D eigenvalue weighted by atomic mass is 35.5. The molecule has 0 spiro atoms. The zero-order chi connectivity index (χ0) is 24.3. The Labute approximate surface area is 203 Å². The molecule has 34 heavy (non-hydrogen) atoms. The van der Waals surface area contributed by atoms with E-state index in [2.05, 4.69) is 10.6 Å². The first-order chi connectivity index (χ1) is 16.4. The second-order valence-corrected chi connectivity index (χ2v) is 8.08. The minimum Gasteiger partial charge on any atom is -0.445 e. The minimum atomic E-state index is -0.913. The van der Waals surface area contributed by atoms with Crippen molar-refractivity contribution in [1.29, 1.82) is 0 Å². The van der Waals surface area contributed by atoms with Gasteiger partial charge in [0, 0.05) is 13.5 Å². The Bertz CT molecular complexity index is 1110. The standard InChI is InChI=1S/C26H26ClN3O4/c1-30(17-24(31)28-22-15-9-8-14-21(22)27)25(32)23(16-19-10-4-2-5-11-19)29-26(33)34-18-20-12-6-3-7-13-20/h2-15,23H,16-18H2,1H3,(H,28,31)(H,29,33). The number of amides is 3. The predicted molar refractivity (Wildman–Crippen MR) is 131 cm³/mol. The smallest absolute Gasteiger partial charge is 0.408 e. The lowest BCUT2D eigenvalue weighted by atomic mass is 10.0. The molecule has 7 nitrogen and oxygen atoms in total. The SMILES string of the molecule is CN(CC(=O)Nc1ccccc1Cl)C(=O)C(Cc1ccccc1)NC(=O)OCc1ccccc1. The number of hydrogen-bond donors (Lipinski definition) is 2. The topological polar surface area (TPSA) is 87.7 Å². The van der Waals surface area contributed by atoms with Gasteiger partial charge in [0.05, 0.1) is 17.3 Å². The molecule has 0 aliphatic carbocycles. The molecule has 8 heteroatoms. The predicted octanol–water partition coefficient (Wildman–Crippen LogP) is 4.27. The Morgan fingerprint density at radius 2 is 1.47 bits per heavy atom. The van der Waals surface area contributed by atoms with E-state index in [0.29, 0.717) is 10.7 Å². The Morgan fingerprint density at radius 1 is 0.882 bits per heavy atom. The van der Waals surface area contributed by atoms with Crippen LogP contribution in [0.1, 0.15) is 11.1 Å². The molecule has 2 N–H and O–H groups in total. The molecule has 3 rings (SSSR count). The summed E-state index contributed by atoms with van der Waals surface area (Å²) in [6.07, 6.45) is -0.469. The number of ether oxygens (including phenoxy) is 1. The fourth-order valence-corrected chi connectivity index (χ4v) is 3.45. The Balaban J connectivity index is 1.63. The molecular weight excluding hydrogens is 454 g/mol. The molecule has 0 saturated heterocycles. The highest BCUT2D eigenvalue weighted by Crippen LogP contribution is 2.20. The Morgan fingerprint density at radius 3 is 2.12 bits per heavy atom. The first kappa shape index (κ1) is 24.8. The van der Waals surface area contributed by atoms with E-state index >= 15 is 0 Å². The first-order valence-electron chi connectivity index (χ1n) is 10.7. The summed E-state index contributed by atoms with van der Waals surface area (Å²) in [5, 5.41) is 5.73. The van der Waals surface area contributed by atoms with Gasteiger partial charge in [-0.2, -0.15) is 0 Å². The fourth-order valence-electron chi connectivity index (χ4n) is 3.27. The van der Waals surface area contributed by atoms with Crippen LogP contribution >= 0.6 is 11.6 Å². The second kappa shape index (κ2) is 12.4. The highest BCUT2D eigenvalue weighted by Gasteiger charge is 2.26. The molecule has 3 amide bonds. The van der Waals surface area contributed by atoms with E-state index in [1.165, 1.54) is 11.9 Å². The number of anilines is 1. The molecule has 3 aromatic carbocycles. The van der Waals surface area contributed by atoms with Crippen molar-refractivity contribution in [3.05, 3.63) is 101 Å². The van der Waals surface area contributed by atoms with Crippen LogP contribution < -0.4 is 10.6 Å². The number of alkyl carbamates (subject to hydrolysis) is 1. The largest absolute Gasteiger partial charge is 0.445 e. The third-order valence-electron chi connectivity index (χ3n) is 4.99. The molecule has 3 aromatic rings. The van der Waals surface area contributed by atoms with Crippen molar-refractivity contribution in [2.75, 3.05) is 18.9 Å². The van der Waals surface area contributed by atoms with Gasteiger partial charge in [-0.15, -0.1) is 0 Å². The molecule has 176 valence electrons. The summed E-state index contributed by atoms with van der Waals surface area (Å²) in [7, 11) is 1.50. The van der Waals surface area contributed by atoms with Crippen LogP contribution in [0, 0.1) is 0 Å². The van der Waals surface area contributed by atoms with Gasteiger partial charge in [0.25, 0.3) is 0 Å². The summed E-state index contributed by atoms with van der Waals surface area (Å²) < 4.78 is 5.28. The summed E-state index contributed by atoms with van der Waals surface area (Å²) in [5.41, 5.74) is 2.15. The van der Waals surface area contributed by atoms with E-state index in [9.17, 15) is 14.4 Å². The van der Waals surface area contributed by atoms with Gasteiger partial charge in [-0.25, -0.2) is 4.79 Å². The van der Waals surface area contributed by atoms with Gasteiger partial charge >= 0.3 is 6.09 Å². The monoisotopic (exact) mass is 479 g/mol. The lowest BCUT2D eigenvalue weighted by Crippen LogP contribution is -2.50. The van der Waals surface area contributed by atoms with Crippen LogP contribution in [0.5, 0.6) is 0 Å². The molecule has 0 aliphatic heterocycles. The number of likely N-dealkylation sites (N-methyl/N-ethyl adjacent to an activating group) is 1. The summed E-state index contributed by atoms with van der Waals surface area (Å²) in [6, 6.07) is 24.5. The number of nitrogens with zero attached hydrogens (tertiary/aromatic N) is 1. The number of nitrogens with one attached hydrogen (secondary N) is 2. The molecule has 0 aromatic heterocycles. The van der Waals surface area contributed by atoms with E-state index in [0.717, 1.165) is 11.1 Å². The quantitative estimate of drug-likeness (QED) is 0.479. The molecule has 0 saturated carbocycles. The summed E-state index contributed by atoms with van der Waals surface area (Å²) >= 11 is 6.08. The van der Waals surface area contributed by atoms with Crippen molar-refractivity contribution < 1.29 is 19.1 Å². The van der Waals surface area contributed by atoms with Crippen LogP contribution in [0.15, 0.2) is 84.9 Å². The van der Waals surface area contributed by atoms with Crippen LogP contribution in [0.3, 0.4) is 0 Å². The number of benzene rings is 3. The Hall–Kier alpha value is -3.84. The van der Waals surface area contributed by atoms with Gasteiger partial charge in [0.15, 0.2) is 0 Å². The van der Waals surface area contributed by atoms with Gasteiger partial charge in [-0.05, 0) is 23.3 Å². The van der Waals surface area contributed by atoms with Gasteiger partial charge in [-0.3, -0.25) is 9.59 Å². The van der Waals surface area contributed by atoms with E-state index in [1.54, 1.807) is 24.3 Å². The van der Waals surface area contributed by atoms with Crippen molar-refractivity contribution >= 4 is 35.2 Å². The van der Waals surface area contributed by atoms with Crippen molar-refractivity contribution in [3.63, 3.8) is 0 Å². The molecule has 0 aliphatic rings. The van der Waals surface area contributed by atoms with Crippen LogP contribution in [0.25, 0.3) is 0 Å².